The van der Waals surface area contributed by atoms with Gasteiger partial charge >= 0.3 is 0 Å². The van der Waals surface area contributed by atoms with Gasteiger partial charge in [0, 0.05) is 11.9 Å². The number of hydrogen-bond donors (Lipinski definition) is 0. The van der Waals surface area contributed by atoms with Gasteiger partial charge in [0.15, 0.2) is 0 Å². The molecule has 3 nitrogen and oxygen atoms in total. The maximum Gasteiger partial charge on any atom is 0.203 e. The summed E-state index contributed by atoms with van der Waals surface area (Å²) in [5, 5.41) is 0. The first kappa shape index (κ1) is 8.59. The fourth-order valence-corrected chi connectivity index (χ4v) is 1.60. The summed E-state index contributed by atoms with van der Waals surface area (Å²) in [6.07, 6.45) is 2.40. The van der Waals surface area contributed by atoms with Gasteiger partial charge in [0.1, 0.15) is 5.82 Å². The van der Waals surface area contributed by atoms with E-state index in [2.05, 4.69) is 14.3 Å². The lowest BCUT2D eigenvalue weighted by Crippen LogP contribution is -1.92. The van der Waals surface area contributed by atoms with Crippen molar-refractivity contribution in [3.05, 3.63) is 40.4 Å². The number of rotatable bonds is 2. The number of hydrogen-bond acceptors (Lipinski definition) is 4. The van der Waals surface area contributed by atoms with Gasteiger partial charge in [-0.25, -0.2) is 4.98 Å². The Balaban J connectivity index is 2.15. The highest BCUT2D eigenvalue weighted by Gasteiger charge is 2.02. The van der Waals surface area contributed by atoms with Gasteiger partial charge < -0.3 is 0 Å². The number of halogens is 1. The standard InChI is InChI=1S/C8H6ClN3S/c9-8-11-7(12-13-8)5-6-3-1-2-4-10-6/h1-4H,5H2. The monoisotopic (exact) mass is 211 g/mol. The summed E-state index contributed by atoms with van der Waals surface area (Å²) in [4.78, 5) is 8.20. The van der Waals surface area contributed by atoms with Crippen LogP contribution in [0.3, 0.4) is 0 Å². The molecule has 0 fully saturated rings. The average molecular weight is 212 g/mol. The number of pyridine rings is 1. The SMILES string of the molecule is Clc1nc(Cc2ccccn2)ns1. The van der Waals surface area contributed by atoms with Gasteiger partial charge in [-0.05, 0) is 35.3 Å². The average Bonchev–Trinajstić information content (AvgIpc) is 2.53. The molecule has 0 amide bonds. The summed E-state index contributed by atoms with van der Waals surface area (Å²) in [5.41, 5.74) is 0.956. The van der Waals surface area contributed by atoms with E-state index in [1.165, 1.54) is 11.5 Å². The summed E-state index contributed by atoms with van der Waals surface area (Å²) in [5.74, 6) is 0.730. The Morgan fingerprint density at radius 3 is 2.92 bits per heavy atom. The molecule has 66 valence electrons. The Morgan fingerprint density at radius 1 is 1.38 bits per heavy atom. The zero-order chi connectivity index (χ0) is 9.10. The lowest BCUT2D eigenvalue weighted by atomic mass is 10.3. The molecule has 2 rings (SSSR count). The molecule has 0 aromatic carbocycles. The Bertz CT molecular complexity index is 387. The second-order valence-electron chi connectivity index (χ2n) is 2.46. The molecule has 0 bridgehead atoms. The van der Waals surface area contributed by atoms with Crippen molar-refractivity contribution in [1.82, 2.24) is 14.3 Å². The predicted molar refractivity (Wildman–Crippen MR) is 52.0 cm³/mol. The molecule has 2 aromatic heterocycles. The van der Waals surface area contributed by atoms with E-state index in [0.717, 1.165) is 11.5 Å². The maximum absolute atomic E-state index is 5.65. The summed E-state index contributed by atoms with van der Waals surface area (Å²) in [7, 11) is 0. The van der Waals surface area contributed by atoms with Crippen LogP contribution in [0.2, 0.25) is 4.47 Å². The van der Waals surface area contributed by atoms with E-state index < -0.39 is 0 Å². The van der Waals surface area contributed by atoms with E-state index in [4.69, 9.17) is 11.6 Å². The van der Waals surface area contributed by atoms with Crippen molar-refractivity contribution in [2.45, 2.75) is 6.42 Å². The van der Waals surface area contributed by atoms with E-state index >= 15 is 0 Å². The van der Waals surface area contributed by atoms with Gasteiger partial charge in [-0.1, -0.05) is 6.07 Å². The van der Waals surface area contributed by atoms with Gasteiger partial charge in [0.2, 0.25) is 4.47 Å². The van der Waals surface area contributed by atoms with Crippen molar-refractivity contribution in [2.75, 3.05) is 0 Å². The van der Waals surface area contributed by atoms with E-state index in [0.29, 0.717) is 10.9 Å². The molecular weight excluding hydrogens is 206 g/mol. The van der Waals surface area contributed by atoms with Crippen LogP contribution in [0.25, 0.3) is 0 Å². The fraction of sp³-hybridized carbons (Fsp3) is 0.125. The molecule has 0 saturated carbocycles. The Kier molecular flexibility index (Phi) is 2.52. The summed E-state index contributed by atoms with van der Waals surface area (Å²) in [6, 6.07) is 5.76. The van der Waals surface area contributed by atoms with Crippen LogP contribution in [-0.4, -0.2) is 14.3 Å². The van der Waals surface area contributed by atoms with Gasteiger partial charge in [0.25, 0.3) is 0 Å². The van der Waals surface area contributed by atoms with Crippen LogP contribution in [0.5, 0.6) is 0 Å². The van der Waals surface area contributed by atoms with E-state index in [1.807, 2.05) is 18.2 Å². The molecule has 0 saturated heterocycles. The summed E-state index contributed by atoms with van der Waals surface area (Å²) >= 11 is 6.85. The minimum absolute atomic E-state index is 0.478. The molecule has 0 N–H and O–H groups in total. The molecule has 13 heavy (non-hydrogen) atoms. The third-order valence-electron chi connectivity index (χ3n) is 1.51. The molecule has 2 aromatic rings. The van der Waals surface area contributed by atoms with Crippen molar-refractivity contribution >= 4 is 23.1 Å². The third-order valence-corrected chi connectivity index (χ3v) is 2.34. The van der Waals surface area contributed by atoms with Crippen molar-refractivity contribution < 1.29 is 0 Å². The minimum atomic E-state index is 0.478. The second-order valence-corrected chi connectivity index (χ2v) is 3.80. The molecular formula is C8H6ClN3S. The lowest BCUT2D eigenvalue weighted by molar-refractivity contribution is 0.985. The van der Waals surface area contributed by atoms with E-state index in [-0.39, 0.29) is 0 Å². The van der Waals surface area contributed by atoms with Gasteiger partial charge in [-0.2, -0.15) is 4.37 Å². The molecule has 0 aliphatic rings. The highest BCUT2D eigenvalue weighted by Crippen LogP contribution is 2.12. The Labute approximate surface area is 84.6 Å². The lowest BCUT2D eigenvalue weighted by Gasteiger charge is -1.93. The van der Waals surface area contributed by atoms with Gasteiger partial charge in [-0.3, -0.25) is 4.98 Å². The number of aromatic nitrogens is 3. The number of nitrogens with zero attached hydrogens (tertiary/aromatic N) is 3. The summed E-state index contributed by atoms with van der Waals surface area (Å²) in [6.45, 7) is 0. The van der Waals surface area contributed by atoms with Crippen molar-refractivity contribution in [1.29, 1.82) is 0 Å². The normalized spacial score (nSPS) is 10.2. The molecule has 5 heteroatoms. The Morgan fingerprint density at radius 2 is 2.31 bits per heavy atom. The smallest absolute Gasteiger partial charge is 0.203 e. The van der Waals surface area contributed by atoms with Crippen molar-refractivity contribution in [2.24, 2.45) is 0 Å². The highest BCUT2D eigenvalue weighted by atomic mass is 35.5. The van der Waals surface area contributed by atoms with Crippen LogP contribution in [-0.2, 0) is 6.42 Å². The zero-order valence-corrected chi connectivity index (χ0v) is 8.22. The molecule has 0 aliphatic heterocycles. The van der Waals surface area contributed by atoms with Crippen LogP contribution >= 0.6 is 23.1 Å². The van der Waals surface area contributed by atoms with Crippen LogP contribution in [0.1, 0.15) is 11.5 Å². The third kappa shape index (κ3) is 2.23. The van der Waals surface area contributed by atoms with Gasteiger partial charge in [0.05, 0.1) is 6.42 Å². The second kappa shape index (κ2) is 3.81. The van der Waals surface area contributed by atoms with Gasteiger partial charge in [-0.15, -0.1) is 0 Å². The minimum Gasteiger partial charge on any atom is -0.261 e. The zero-order valence-electron chi connectivity index (χ0n) is 6.64. The molecule has 0 atom stereocenters. The van der Waals surface area contributed by atoms with Crippen LogP contribution < -0.4 is 0 Å². The molecule has 2 heterocycles. The topological polar surface area (TPSA) is 38.7 Å². The van der Waals surface area contributed by atoms with Crippen molar-refractivity contribution in [3.63, 3.8) is 0 Å². The molecule has 0 unspecified atom stereocenters. The molecule has 0 spiro atoms. The van der Waals surface area contributed by atoms with E-state index in [9.17, 15) is 0 Å². The van der Waals surface area contributed by atoms with Crippen LogP contribution in [0.15, 0.2) is 24.4 Å². The highest BCUT2D eigenvalue weighted by molar-refractivity contribution is 7.10. The van der Waals surface area contributed by atoms with Crippen LogP contribution in [0.4, 0.5) is 0 Å². The molecule has 0 radical (unpaired) electrons. The molecule has 0 aliphatic carbocycles. The first-order valence-electron chi connectivity index (χ1n) is 3.72. The van der Waals surface area contributed by atoms with Crippen LogP contribution in [0, 0.1) is 0 Å². The summed E-state index contributed by atoms with van der Waals surface area (Å²) < 4.78 is 4.55. The van der Waals surface area contributed by atoms with E-state index in [1.54, 1.807) is 6.20 Å². The first-order valence-corrected chi connectivity index (χ1v) is 4.88. The predicted octanol–water partition coefficient (Wildman–Crippen LogP) is 2.18. The maximum atomic E-state index is 5.65. The largest absolute Gasteiger partial charge is 0.261 e. The van der Waals surface area contributed by atoms with Crippen molar-refractivity contribution in [3.8, 4) is 0 Å². The quantitative estimate of drug-likeness (QED) is 0.764. The first-order chi connectivity index (χ1) is 6.34. The Hall–Kier alpha value is -1.00. The fourth-order valence-electron chi connectivity index (χ4n) is 0.969.